The van der Waals surface area contributed by atoms with E-state index >= 15 is 0 Å². The van der Waals surface area contributed by atoms with Crippen molar-refractivity contribution in [3.05, 3.63) is 12.2 Å². The second kappa shape index (κ2) is 10.9. The fraction of sp³-hybridized carbons (Fsp3) is 0.842. The summed E-state index contributed by atoms with van der Waals surface area (Å²) in [6.45, 7) is 14.9. The van der Waals surface area contributed by atoms with E-state index in [4.69, 9.17) is 4.74 Å². The van der Waals surface area contributed by atoms with Crippen molar-refractivity contribution in [1.29, 1.82) is 0 Å². The van der Waals surface area contributed by atoms with E-state index in [1.54, 1.807) is 6.92 Å². The van der Waals surface area contributed by atoms with E-state index in [9.17, 15) is 4.79 Å². The second-order valence-electron chi connectivity index (χ2n) is 7.32. The van der Waals surface area contributed by atoms with Crippen LogP contribution < -0.4 is 0 Å². The third kappa shape index (κ3) is 10.6. The molecule has 0 rings (SSSR count). The summed E-state index contributed by atoms with van der Waals surface area (Å²) in [5.74, 6) is 0.351. The Bertz CT molecular complexity index is 299. The molecule has 0 saturated heterocycles. The van der Waals surface area contributed by atoms with E-state index in [-0.39, 0.29) is 11.4 Å². The van der Waals surface area contributed by atoms with Crippen molar-refractivity contribution < 1.29 is 9.53 Å². The van der Waals surface area contributed by atoms with Gasteiger partial charge in [0.05, 0.1) is 6.61 Å². The molecule has 0 fully saturated rings. The highest BCUT2D eigenvalue weighted by atomic mass is 16.5. The van der Waals surface area contributed by atoms with Gasteiger partial charge in [0.2, 0.25) is 0 Å². The van der Waals surface area contributed by atoms with Crippen LogP contribution in [0.1, 0.15) is 86.0 Å². The summed E-state index contributed by atoms with van der Waals surface area (Å²) < 4.78 is 5.25. The Kier molecular flexibility index (Phi) is 10.5. The van der Waals surface area contributed by atoms with Crippen molar-refractivity contribution in [2.24, 2.45) is 11.3 Å². The highest BCUT2D eigenvalue weighted by Gasteiger charge is 2.24. The Morgan fingerprint density at radius 2 is 1.62 bits per heavy atom. The number of esters is 1. The molecule has 1 atom stereocenters. The smallest absolute Gasteiger partial charge is 0.333 e. The van der Waals surface area contributed by atoms with Gasteiger partial charge in [-0.15, -0.1) is 0 Å². The zero-order valence-corrected chi connectivity index (χ0v) is 15.0. The van der Waals surface area contributed by atoms with Crippen molar-refractivity contribution in [3.63, 3.8) is 0 Å². The molecule has 0 saturated carbocycles. The highest BCUT2D eigenvalue weighted by Crippen LogP contribution is 2.33. The summed E-state index contributed by atoms with van der Waals surface area (Å²) in [4.78, 5) is 11.4. The number of carbonyl (C=O) groups is 1. The minimum absolute atomic E-state index is 0.262. The number of ether oxygens (including phenoxy) is 1. The van der Waals surface area contributed by atoms with Crippen molar-refractivity contribution in [1.82, 2.24) is 0 Å². The van der Waals surface area contributed by atoms with Crippen LogP contribution in [0.2, 0.25) is 0 Å². The molecule has 0 spiro atoms. The summed E-state index contributed by atoms with van der Waals surface area (Å²) >= 11 is 0. The topological polar surface area (TPSA) is 26.3 Å². The molecule has 1 unspecified atom stereocenters. The van der Waals surface area contributed by atoms with Gasteiger partial charge in [0.1, 0.15) is 0 Å². The van der Waals surface area contributed by atoms with Gasteiger partial charge in [-0.25, -0.2) is 4.79 Å². The van der Waals surface area contributed by atoms with Crippen molar-refractivity contribution >= 4 is 5.97 Å². The lowest BCUT2D eigenvalue weighted by atomic mass is 9.76. The van der Waals surface area contributed by atoms with E-state index < -0.39 is 0 Å². The van der Waals surface area contributed by atoms with E-state index in [1.807, 2.05) is 0 Å². The van der Waals surface area contributed by atoms with E-state index in [0.29, 0.717) is 18.1 Å². The van der Waals surface area contributed by atoms with E-state index in [1.165, 1.54) is 44.9 Å². The molecule has 0 aliphatic rings. The Balaban J connectivity index is 4.00. The molecular formula is C19H36O2. The van der Waals surface area contributed by atoms with Gasteiger partial charge in [0.25, 0.3) is 0 Å². The number of hydrogen-bond donors (Lipinski definition) is 0. The van der Waals surface area contributed by atoms with Crippen LogP contribution in [0.25, 0.3) is 0 Å². The zero-order chi connectivity index (χ0) is 16.3. The van der Waals surface area contributed by atoms with Crippen molar-refractivity contribution in [2.45, 2.75) is 86.0 Å². The second-order valence-corrected chi connectivity index (χ2v) is 7.32. The average molecular weight is 296 g/mol. The van der Waals surface area contributed by atoms with Crippen LogP contribution in [-0.4, -0.2) is 12.6 Å². The molecule has 2 nitrogen and oxygen atoms in total. The molecule has 0 amide bonds. The molecule has 21 heavy (non-hydrogen) atoms. The summed E-state index contributed by atoms with van der Waals surface area (Å²) in [6, 6.07) is 0. The maximum atomic E-state index is 11.4. The molecule has 0 aliphatic heterocycles. The first-order chi connectivity index (χ1) is 9.79. The summed E-state index contributed by atoms with van der Waals surface area (Å²) in [5, 5.41) is 0. The molecule has 0 radical (unpaired) electrons. The SMILES string of the molecule is C=C(C)C(=O)OCCC(CCCCCCCC)C(C)(C)C. The monoisotopic (exact) mass is 296 g/mol. The third-order valence-corrected chi connectivity index (χ3v) is 4.18. The molecule has 0 bridgehead atoms. The normalized spacial score (nSPS) is 13.0. The van der Waals surface area contributed by atoms with Crippen LogP contribution in [-0.2, 0) is 9.53 Å². The molecule has 0 aromatic heterocycles. The lowest BCUT2D eigenvalue weighted by Gasteiger charge is -2.30. The highest BCUT2D eigenvalue weighted by molar-refractivity contribution is 5.86. The van der Waals surface area contributed by atoms with Crippen molar-refractivity contribution in [3.8, 4) is 0 Å². The molecule has 0 aromatic carbocycles. The Morgan fingerprint density at radius 3 is 2.14 bits per heavy atom. The molecule has 124 valence electrons. The molecule has 2 heteroatoms. The largest absolute Gasteiger partial charge is 0.462 e. The first-order valence-electron chi connectivity index (χ1n) is 8.61. The molecule has 0 aliphatic carbocycles. The molecule has 0 aromatic rings. The summed E-state index contributed by atoms with van der Waals surface area (Å²) in [5.41, 5.74) is 0.761. The summed E-state index contributed by atoms with van der Waals surface area (Å²) in [7, 11) is 0. The van der Waals surface area contributed by atoms with Gasteiger partial charge in [0.15, 0.2) is 0 Å². The van der Waals surface area contributed by atoms with Gasteiger partial charge in [-0.05, 0) is 31.1 Å². The van der Waals surface area contributed by atoms with Gasteiger partial charge in [-0.1, -0.05) is 72.8 Å². The number of unbranched alkanes of at least 4 members (excludes halogenated alkanes) is 5. The minimum Gasteiger partial charge on any atom is -0.462 e. The van der Waals surface area contributed by atoms with E-state index in [2.05, 4.69) is 34.3 Å². The van der Waals surface area contributed by atoms with Crippen LogP contribution in [0, 0.1) is 11.3 Å². The van der Waals surface area contributed by atoms with Crippen LogP contribution in [0.4, 0.5) is 0 Å². The Labute approximate surface area is 132 Å². The molecule has 0 heterocycles. The minimum atomic E-state index is -0.262. The molecule has 0 N–H and O–H groups in total. The fourth-order valence-corrected chi connectivity index (χ4v) is 2.60. The Hall–Kier alpha value is -0.790. The van der Waals surface area contributed by atoms with Gasteiger partial charge >= 0.3 is 5.97 Å². The number of carbonyl (C=O) groups excluding carboxylic acids is 1. The van der Waals surface area contributed by atoms with Crippen LogP contribution in [0.5, 0.6) is 0 Å². The maximum absolute atomic E-state index is 11.4. The predicted octanol–water partition coefficient (Wildman–Crippen LogP) is 5.91. The first kappa shape index (κ1) is 20.2. The first-order valence-corrected chi connectivity index (χ1v) is 8.61. The number of rotatable bonds is 11. The molecular weight excluding hydrogens is 260 g/mol. The third-order valence-electron chi connectivity index (χ3n) is 4.18. The predicted molar refractivity (Wildman–Crippen MR) is 91.3 cm³/mol. The van der Waals surface area contributed by atoms with E-state index in [0.717, 1.165) is 6.42 Å². The fourth-order valence-electron chi connectivity index (χ4n) is 2.60. The number of hydrogen-bond acceptors (Lipinski definition) is 2. The lowest BCUT2D eigenvalue weighted by molar-refractivity contribution is -0.139. The lowest BCUT2D eigenvalue weighted by Crippen LogP contribution is -2.23. The average Bonchev–Trinajstić information content (AvgIpc) is 2.38. The van der Waals surface area contributed by atoms with Gasteiger partial charge in [-0.2, -0.15) is 0 Å². The van der Waals surface area contributed by atoms with Gasteiger partial charge in [-0.3, -0.25) is 0 Å². The van der Waals surface area contributed by atoms with Crippen molar-refractivity contribution in [2.75, 3.05) is 6.61 Å². The van der Waals surface area contributed by atoms with Crippen LogP contribution in [0.15, 0.2) is 12.2 Å². The van der Waals surface area contributed by atoms with Crippen LogP contribution in [0.3, 0.4) is 0 Å². The zero-order valence-electron chi connectivity index (χ0n) is 15.0. The standard InChI is InChI=1S/C19H36O2/c1-7-8-9-10-11-12-13-17(19(4,5)6)14-15-21-18(20)16(2)3/h17H,2,7-15H2,1,3-6H3. The van der Waals surface area contributed by atoms with Crippen LogP contribution >= 0.6 is 0 Å². The quantitative estimate of drug-likeness (QED) is 0.269. The maximum Gasteiger partial charge on any atom is 0.333 e. The van der Waals surface area contributed by atoms with Gasteiger partial charge in [0, 0.05) is 5.57 Å². The summed E-state index contributed by atoms with van der Waals surface area (Å²) in [6.07, 6.45) is 10.2. The Morgan fingerprint density at radius 1 is 1.05 bits per heavy atom. The van der Waals surface area contributed by atoms with Gasteiger partial charge < -0.3 is 4.74 Å².